The zero-order valence-electron chi connectivity index (χ0n) is 12.2. The summed E-state index contributed by atoms with van der Waals surface area (Å²) >= 11 is 0. The Morgan fingerprint density at radius 3 is 2.58 bits per heavy atom. The van der Waals surface area contributed by atoms with Crippen LogP contribution in [0.1, 0.15) is 25.7 Å². The van der Waals surface area contributed by atoms with Crippen LogP contribution in [0.5, 0.6) is 0 Å². The molecule has 0 aromatic rings. The number of hydrogen-bond acceptors (Lipinski definition) is 4. The molecule has 1 unspecified atom stereocenters. The van der Waals surface area contributed by atoms with E-state index < -0.39 is 0 Å². The summed E-state index contributed by atoms with van der Waals surface area (Å²) < 4.78 is 4.90. The molecule has 5 nitrogen and oxygen atoms in total. The lowest BCUT2D eigenvalue weighted by Crippen LogP contribution is -2.52. The van der Waals surface area contributed by atoms with Crippen LogP contribution in [0.2, 0.25) is 0 Å². The standard InChI is InChI=1S/C14H27N3O2/c1-16-7-3-4-13(10-16)15-12-5-8-17(9-6-12)14(18)11-19-2/h12-13,15H,3-11H2,1-2H3. The first kappa shape index (κ1) is 14.8. The molecular formula is C14H27N3O2. The van der Waals surface area contributed by atoms with Crippen molar-refractivity contribution in [3.8, 4) is 0 Å². The van der Waals surface area contributed by atoms with Gasteiger partial charge in [0, 0.05) is 38.8 Å². The zero-order valence-corrected chi connectivity index (χ0v) is 12.2. The number of nitrogens with zero attached hydrogens (tertiary/aromatic N) is 2. The van der Waals surface area contributed by atoms with Gasteiger partial charge in [0.15, 0.2) is 0 Å². The van der Waals surface area contributed by atoms with Gasteiger partial charge in [-0.3, -0.25) is 4.79 Å². The number of hydrogen-bond donors (Lipinski definition) is 1. The van der Waals surface area contributed by atoms with Gasteiger partial charge >= 0.3 is 0 Å². The number of rotatable bonds is 4. The third-order valence-corrected chi connectivity index (χ3v) is 4.21. The van der Waals surface area contributed by atoms with Crippen LogP contribution in [0.4, 0.5) is 0 Å². The maximum Gasteiger partial charge on any atom is 0.248 e. The number of carbonyl (C=O) groups is 1. The van der Waals surface area contributed by atoms with Crippen molar-refractivity contribution in [3.05, 3.63) is 0 Å². The topological polar surface area (TPSA) is 44.8 Å². The summed E-state index contributed by atoms with van der Waals surface area (Å²) in [5.41, 5.74) is 0. The van der Waals surface area contributed by atoms with E-state index in [0.29, 0.717) is 12.1 Å². The first-order chi connectivity index (χ1) is 9.19. The summed E-state index contributed by atoms with van der Waals surface area (Å²) in [4.78, 5) is 16.0. The normalized spacial score (nSPS) is 26.6. The molecule has 2 saturated heterocycles. The molecule has 2 aliphatic rings. The molecule has 1 atom stereocenters. The number of nitrogens with one attached hydrogen (secondary N) is 1. The summed E-state index contributed by atoms with van der Waals surface area (Å²) in [5, 5.41) is 3.77. The summed E-state index contributed by atoms with van der Waals surface area (Å²) in [6.07, 6.45) is 4.71. The van der Waals surface area contributed by atoms with Gasteiger partial charge in [0.05, 0.1) is 0 Å². The first-order valence-electron chi connectivity index (χ1n) is 7.40. The van der Waals surface area contributed by atoms with Gasteiger partial charge in [0.2, 0.25) is 5.91 Å². The molecule has 0 aliphatic carbocycles. The predicted octanol–water partition coefficient (Wildman–Crippen LogP) is 0.308. The highest BCUT2D eigenvalue weighted by atomic mass is 16.5. The molecule has 0 radical (unpaired) electrons. The third kappa shape index (κ3) is 4.44. The number of likely N-dealkylation sites (N-methyl/N-ethyl adjacent to an activating group) is 1. The van der Waals surface area contributed by atoms with Crippen molar-refractivity contribution in [3.63, 3.8) is 0 Å². The fourth-order valence-electron chi connectivity index (χ4n) is 3.15. The van der Waals surface area contributed by atoms with Crippen molar-refractivity contribution in [1.29, 1.82) is 0 Å². The second kappa shape index (κ2) is 7.22. The molecule has 19 heavy (non-hydrogen) atoms. The molecule has 2 aliphatic heterocycles. The molecule has 5 heteroatoms. The van der Waals surface area contributed by atoms with Crippen LogP contribution < -0.4 is 5.32 Å². The molecule has 2 fully saturated rings. The van der Waals surface area contributed by atoms with E-state index in [4.69, 9.17) is 4.74 Å². The smallest absolute Gasteiger partial charge is 0.248 e. The Hall–Kier alpha value is -0.650. The summed E-state index contributed by atoms with van der Waals surface area (Å²) in [5.74, 6) is 0.123. The van der Waals surface area contributed by atoms with Crippen LogP contribution >= 0.6 is 0 Å². The van der Waals surface area contributed by atoms with E-state index in [-0.39, 0.29) is 12.5 Å². The lowest BCUT2D eigenvalue weighted by Gasteiger charge is -2.37. The van der Waals surface area contributed by atoms with Crippen LogP contribution in [0.3, 0.4) is 0 Å². The van der Waals surface area contributed by atoms with Crippen LogP contribution in [0.25, 0.3) is 0 Å². The van der Waals surface area contributed by atoms with E-state index in [1.165, 1.54) is 19.4 Å². The van der Waals surface area contributed by atoms with Gasteiger partial charge in [-0.1, -0.05) is 0 Å². The number of piperidine rings is 2. The Morgan fingerprint density at radius 2 is 1.95 bits per heavy atom. The fourth-order valence-corrected chi connectivity index (χ4v) is 3.15. The van der Waals surface area contributed by atoms with Crippen LogP contribution in [-0.4, -0.2) is 74.7 Å². The van der Waals surface area contributed by atoms with Crippen molar-refractivity contribution in [2.45, 2.75) is 37.8 Å². The van der Waals surface area contributed by atoms with Gasteiger partial charge in [0.1, 0.15) is 6.61 Å². The van der Waals surface area contributed by atoms with E-state index in [0.717, 1.165) is 32.5 Å². The quantitative estimate of drug-likeness (QED) is 0.798. The lowest BCUT2D eigenvalue weighted by molar-refractivity contribution is -0.136. The van der Waals surface area contributed by atoms with E-state index >= 15 is 0 Å². The third-order valence-electron chi connectivity index (χ3n) is 4.21. The minimum Gasteiger partial charge on any atom is -0.375 e. The predicted molar refractivity (Wildman–Crippen MR) is 75.1 cm³/mol. The monoisotopic (exact) mass is 269 g/mol. The molecule has 1 amide bonds. The molecule has 0 bridgehead atoms. The van der Waals surface area contributed by atoms with E-state index in [2.05, 4.69) is 17.3 Å². The van der Waals surface area contributed by atoms with Crippen LogP contribution in [-0.2, 0) is 9.53 Å². The van der Waals surface area contributed by atoms with Crippen LogP contribution in [0, 0.1) is 0 Å². The molecule has 2 rings (SSSR count). The van der Waals surface area contributed by atoms with Crippen molar-refractivity contribution in [1.82, 2.24) is 15.1 Å². The van der Waals surface area contributed by atoms with E-state index in [1.54, 1.807) is 7.11 Å². The van der Waals surface area contributed by atoms with Crippen molar-refractivity contribution in [2.24, 2.45) is 0 Å². The highest BCUT2D eigenvalue weighted by Gasteiger charge is 2.25. The SMILES string of the molecule is COCC(=O)N1CCC(NC2CCCN(C)C2)CC1. The summed E-state index contributed by atoms with van der Waals surface area (Å²) in [6.45, 7) is 4.32. The Kier molecular flexibility index (Phi) is 5.60. The average Bonchev–Trinajstić information content (AvgIpc) is 2.40. The molecule has 0 spiro atoms. The van der Waals surface area contributed by atoms with Gasteiger partial charge < -0.3 is 19.9 Å². The highest BCUT2D eigenvalue weighted by Crippen LogP contribution is 2.14. The van der Waals surface area contributed by atoms with Gasteiger partial charge in [-0.15, -0.1) is 0 Å². The maximum absolute atomic E-state index is 11.7. The molecule has 2 heterocycles. The second-order valence-electron chi connectivity index (χ2n) is 5.86. The van der Waals surface area contributed by atoms with Crippen LogP contribution in [0.15, 0.2) is 0 Å². The second-order valence-corrected chi connectivity index (χ2v) is 5.86. The summed E-state index contributed by atoms with van der Waals surface area (Å²) in [7, 11) is 3.77. The van der Waals surface area contributed by atoms with E-state index in [1.807, 2.05) is 4.90 Å². The molecule has 1 N–H and O–H groups in total. The molecule has 0 aromatic heterocycles. The minimum absolute atomic E-state index is 0.123. The van der Waals surface area contributed by atoms with Gasteiger partial charge in [-0.25, -0.2) is 0 Å². The Balaban J connectivity index is 1.69. The van der Waals surface area contributed by atoms with Gasteiger partial charge in [-0.05, 0) is 39.3 Å². The van der Waals surface area contributed by atoms with E-state index in [9.17, 15) is 4.79 Å². The maximum atomic E-state index is 11.7. The Labute approximate surface area is 116 Å². The average molecular weight is 269 g/mol. The molecule has 0 saturated carbocycles. The molecular weight excluding hydrogens is 242 g/mol. The number of amides is 1. The highest BCUT2D eigenvalue weighted by molar-refractivity contribution is 5.77. The minimum atomic E-state index is 0.123. The number of carbonyl (C=O) groups excluding carboxylic acids is 1. The zero-order chi connectivity index (χ0) is 13.7. The number of likely N-dealkylation sites (tertiary alicyclic amines) is 2. The van der Waals surface area contributed by atoms with Gasteiger partial charge in [0.25, 0.3) is 0 Å². The largest absolute Gasteiger partial charge is 0.375 e. The molecule has 110 valence electrons. The number of ether oxygens (including phenoxy) is 1. The van der Waals surface area contributed by atoms with Crippen molar-refractivity contribution < 1.29 is 9.53 Å². The Morgan fingerprint density at radius 1 is 1.21 bits per heavy atom. The lowest BCUT2D eigenvalue weighted by atomic mass is 10.0. The number of methoxy groups -OCH3 is 1. The first-order valence-corrected chi connectivity index (χ1v) is 7.40. The van der Waals surface area contributed by atoms with Gasteiger partial charge in [-0.2, -0.15) is 0 Å². The van der Waals surface area contributed by atoms with Crippen molar-refractivity contribution >= 4 is 5.91 Å². The molecule has 0 aromatic carbocycles. The van der Waals surface area contributed by atoms with Crippen molar-refractivity contribution in [2.75, 3.05) is 46.9 Å². The fraction of sp³-hybridized carbons (Fsp3) is 0.929. The summed E-state index contributed by atoms with van der Waals surface area (Å²) in [6, 6.07) is 1.20. The Bertz CT molecular complexity index is 290.